The number of benzene rings is 1. The Morgan fingerprint density at radius 2 is 1.89 bits per heavy atom. The molecule has 44 heavy (non-hydrogen) atoms. The fourth-order valence-electron chi connectivity index (χ4n) is 6.52. The maximum absolute atomic E-state index is 13.4. The number of hydrogen-bond donors (Lipinski definition) is 1. The second kappa shape index (κ2) is 9.93. The highest BCUT2D eigenvalue weighted by molar-refractivity contribution is 5.98. The zero-order chi connectivity index (χ0) is 31.0. The molecular weight excluding hydrogens is 572 g/mol. The Morgan fingerprint density at radius 1 is 1.14 bits per heavy atom. The molecular formula is C31H31F2N7O4. The van der Waals surface area contributed by atoms with Crippen LogP contribution >= 0.6 is 0 Å². The number of rotatable bonds is 5. The summed E-state index contributed by atoms with van der Waals surface area (Å²) in [5, 5.41) is 7.74. The molecule has 1 aliphatic heterocycles. The van der Waals surface area contributed by atoms with Crippen LogP contribution in [0.2, 0.25) is 0 Å². The summed E-state index contributed by atoms with van der Waals surface area (Å²) >= 11 is 0. The number of ether oxygens (including phenoxy) is 2. The van der Waals surface area contributed by atoms with Crippen LogP contribution in [0.4, 0.5) is 13.6 Å². The van der Waals surface area contributed by atoms with E-state index in [1.807, 2.05) is 20.8 Å². The summed E-state index contributed by atoms with van der Waals surface area (Å²) in [4.78, 5) is 41.7. The molecule has 0 radical (unpaired) electrons. The van der Waals surface area contributed by atoms with Crippen LogP contribution in [0.5, 0.6) is 5.75 Å². The Morgan fingerprint density at radius 3 is 2.55 bits per heavy atom. The van der Waals surface area contributed by atoms with E-state index >= 15 is 0 Å². The SMILES string of the molecule is CN1C(=O)c2cccc(OC(F)F)c2C2CC1c1nn3ccc(-c4cnc(C5(NC(=O)OC(C)(C)C)CCC5)nc4)nc3c12. The lowest BCUT2D eigenvalue weighted by atomic mass is 9.76. The minimum atomic E-state index is -3.04. The van der Waals surface area contributed by atoms with Gasteiger partial charge in [-0.25, -0.2) is 24.3 Å². The summed E-state index contributed by atoms with van der Waals surface area (Å²) in [6.07, 6.45) is 7.43. The van der Waals surface area contributed by atoms with Crippen LogP contribution in [-0.2, 0) is 10.3 Å². The molecule has 3 aliphatic rings. The van der Waals surface area contributed by atoms with Gasteiger partial charge in [-0.3, -0.25) is 4.79 Å². The molecule has 2 aliphatic carbocycles. The van der Waals surface area contributed by atoms with Crippen molar-refractivity contribution >= 4 is 17.6 Å². The molecule has 1 saturated carbocycles. The van der Waals surface area contributed by atoms with Crippen molar-refractivity contribution in [3.63, 3.8) is 0 Å². The summed E-state index contributed by atoms with van der Waals surface area (Å²) in [6, 6.07) is 6.10. The monoisotopic (exact) mass is 603 g/mol. The van der Waals surface area contributed by atoms with Crippen LogP contribution in [-0.4, -0.2) is 60.7 Å². The van der Waals surface area contributed by atoms with Gasteiger partial charge in [0.1, 0.15) is 16.9 Å². The van der Waals surface area contributed by atoms with E-state index in [1.165, 1.54) is 6.07 Å². The second-order valence-electron chi connectivity index (χ2n) is 12.6. The van der Waals surface area contributed by atoms with Crippen molar-refractivity contribution in [2.45, 2.75) is 76.2 Å². The summed E-state index contributed by atoms with van der Waals surface area (Å²) in [5.74, 6) is -0.218. The quantitative estimate of drug-likeness (QED) is 0.324. The average molecular weight is 604 g/mol. The summed E-state index contributed by atoms with van der Waals surface area (Å²) in [6.45, 7) is 2.40. The summed E-state index contributed by atoms with van der Waals surface area (Å²) in [5.41, 5.74) is 2.69. The van der Waals surface area contributed by atoms with E-state index in [0.29, 0.717) is 58.8 Å². The highest BCUT2D eigenvalue weighted by Crippen LogP contribution is 2.53. The largest absolute Gasteiger partial charge is 0.444 e. The zero-order valence-corrected chi connectivity index (χ0v) is 24.7. The van der Waals surface area contributed by atoms with Gasteiger partial charge in [0.05, 0.1) is 17.4 Å². The molecule has 1 N–H and O–H groups in total. The number of amides is 2. The van der Waals surface area contributed by atoms with Crippen LogP contribution in [0.1, 0.15) is 91.4 Å². The molecule has 2 bridgehead atoms. The van der Waals surface area contributed by atoms with Crippen molar-refractivity contribution in [3.05, 3.63) is 71.1 Å². The van der Waals surface area contributed by atoms with Gasteiger partial charge in [0.2, 0.25) is 0 Å². The van der Waals surface area contributed by atoms with Gasteiger partial charge in [-0.15, -0.1) is 0 Å². The Hall–Kier alpha value is -4.68. The first kappa shape index (κ1) is 28.1. The van der Waals surface area contributed by atoms with Gasteiger partial charge in [0, 0.05) is 53.8 Å². The van der Waals surface area contributed by atoms with Crippen molar-refractivity contribution < 1.29 is 27.8 Å². The maximum atomic E-state index is 13.4. The third-order valence-corrected chi connectivity index (χ3v) is 8.64. The molecule has 2 amide bonds. The van der Waals surface area contributed by atoms with Crippen molar-refractivity contribution in [3.8, 4) is 17.0 Å². The van der Waals surface area contributed by atoms with Crippen molar-refractivity contribution in [1.29, 1.82) is 0 Å². The van der Waals surface area contributed by atoms with E-state index in [2.05, 4.69) is 15.3 Å². The van der Waals surface area contributed by atoms with Gasteiger partial charge < -0.3 is 19.7 Å². The molecule has 4 heterocycles. The Kier molecular flexibility index (Phi) is 6.34. The Bertz CT molecular complexity index is 1800. The minimum absolute atomic E-state index is 0.0258. The Balaban J connectivity index is 1.25. The molecule has 11 nitrogen and oxygen atoms in total. The van der Waals surface area contributed by atoms with Gasteiger partial charge in [-0.2, -0.15) is 13.9 Å². The fourth-order valence-corrected chi connectivity index (χ4v) is 6.52. The number of nitrogens with zero attached hydrogens (tertiary/aromatic N) is 6. The number of alkyl carbamates (subject to hydrolysis) is 1. The molecule has 2 unspecified atom stereocenters. The molecule has 228 valence electrons. The number of carbonyl (C=O) groups excluding carboxylic acids is 2. The average Bonchev–Trinajstić information content (AvgIpc) is 3.47. The van der Waals surface area contributed by atoms with Crippen LogP contribution in [0, 0.1) is 0 Å². The molecule has 2 atom stereocenters. The lowest BCUT2D eigenvalue weighted by Crippen LogP contribution is -2.53. The standard InChI is InChI=1S/C31H31F2N7O4/c1-30(2,3)44-29(42)37-31(10-6-11-31)27-34-14-16(15-35-27)19-9-12-40-25(36-19)23-18-13-20(24(23)38-40)39(4)26(41)17-7-5-8-21(22(17)18)43-28(32)33/h5,7-9,12,14-15,18,20,28H,6,10-11,13H2,1-4H3,(H,37,42). The number of nitrogens with one attached hydrogen (secondary N) is 1. The summed E-state index contributed by atoms with van der Waals surface area (Å²) in [7, 11) is 1.70. The van der Waals surface area contributed by atoms with Gasteiger partial charge in [-0.1, -0.05) is 6.07 Å². The van der Waals surface area contributed by atoms with Gasteiger partial charge in [0.15, 0.2) is 11.5 Å². The molecule has 0 saturated heterocycles. The molecule has 3 aromatic heterocycles. The molecule has 7 rings (SSSR count). The number of hydrogen-bond acceptors (Lipinski definition) is 8. The maximum Gasteiger partial charge on any atom is 0.408 e. The first-order valence-electron chi connectivity index (χ1n) is 14.5. The predicted molar refractivity (Wildman–Crippen MR) is 153 cm³/mol. The molecule has 4 aromatic rings. The number of carbonyl (C=O) groups is 2. The van der Waals surface area contributed by atoms with E-state index < -0.39 is 29.8 Å². The second-order valence-corrected chi connectivity index (χ2v) is 12.6. The van der Waals surface area contributed by atoms with E-state index in [4.69, 9.17) is 19.6 Å². The molecule has 1 fully saturated rings. The minimum Gasteiger partial charge on any atom is -0.444 e. The van der Waals surface area contributed by atoms with E-state index in [9.17, 15) is 18.4 Å². The Labute approximate surface area is 251 Å². The number of fused-ring (bicyclic) bond motifs is 9. The lowest BCUT2D eigenvalue weighted by molar-refractivity contribution is -0.0506. The number of alkyl halides is 2. The molecule has 0 spiro atoms. The third kappa shape index (κ3) is 4.52. The normalized spacial score (nSPS) is 20.2. The first-order chi connectivity index (χ1) is 20.9. The topological polar surface area (TPSA) is 124 Å². The molecule has 13 heteroatoms. The van der Waals surface area contributed by atoms with Crippen LogP contribution in [0.15, 0.2) is 42.9 Å². The van der Waals surface area contributed by atoms with E-state index in [-0.39, 0.29) is 17.7 Å². The molecule has 1 aromatic carbocycles. The summed E-state index contributed by atoms with van der Waals surface area (Å²) < 4.78 is 38.8. The van der Waals surface area contributed by atoms with Crippen molar-refractivity contribution in [2.24, 2.45) is 0 Å². The van der Waals surface area contributed by atoms with Crippen LogP contribution < -0.4 is 10.1 Å². The first-order valence-corrected chi connectivity index (χ1v) is 14.5. The van der Waals surface area contributed by atoms with Crippen molar-refractivity contribution in [2.75, 3.05) is 7.05 Å². The lowest BCUT2D eigenvalue weighted by Gasteiger charge is -2.41. The van der Waals surface area contributed by atoms with Crippen molar-refractivity contribution in [1.82, 2.24) is 34.8 Å². The van der Waals surface area contributed by atoms with Gasteiger partial charge in [-0.05, 0) is 64.7 Å². The highest BCUT2D eigenvalue weighted by atomic mass is 19.3. The number of halogens is 2. The van der Waals surface area contributed by atoms with Gasteiger partial charge >= 0.3 is 12.7 Å². The predicted octanol–water partition coefficient (Wildman–Crippen LogP) is 5.35. The highest BCUT2D eigenvalue weighted by Gasteiger charge is 2.47. The zero-order valence-electron chi connectivity index (χ0n) is 24.7. The van der Waals surface area contributed by atoms with E-state index in [1.54, 1.807) is 53.3 Å². The van der Waals surface area contributed by atoms with Crippen LogP contribution in [0.3, 0.4) is 0 Å². The smallest absolute Gasteiger partial charge is 0.408 e. The fraction of sp³-hybridized carbons (Fsp3) is 0.419. The van der Waals surface area contributed by atoms with Gasteiger partial charge in [0.25, 0.3) is 5.91 Å². The van der Waals surface area contributed by atoms with Crippen LogP contribution in [0.25, 0.3) is 16.9 Å². The number of aromatic nitrogens is 5. The third-order valence-electron chi connectivity index (χ3n) is 8.64. The van der Waals surface area contributed by atoms with E-state index in [0.717, 1.165) is 12.0 Å².